The molecule has 128 valence electrons. The monoisotopic (exact) mass is 341 g/mol. The maximum atomic E-state index is 13.5. The van der Waals surface area contributed by atoms with Crippen LogP contribution >= 0.6 is 0 Å². The molecule has 0 saturated carbocycles. The van der Waals surface area contributed by atoms with Gasteiger partial charge in [0.2, 0.25) is 0 Å². The van der Waals surface area contributed by atoms with Gasteiger partial charge in [0.15, 0.2) is 11.7 Å². The molecule has 0 bridgehead atoms. The quantitative estimate of drug-likeness (QED) is 0.632. The molecule has 5 nitrogen and oxygen atoms in total. The fourth-order valence-electron chi connectivity index (χ4n) is 2.79. The van der Waals surface area contributed by atoms with Crippen molar-refractivity contribution in [3.63, 3.8) is 0 Å². The Bertz CT molecular complexity index is 875. The van der Waals surface area contributed by atoms with Gasteiger partial charge in [-0.05, 0) is 37.3 Å². The molecule has 25 heavy (non-hydrogen) atoms. The zero-order chi connectivity index (χ0) is 18.0. The van der Waals surface area contributed by atoms with E-state index in [9.17, 15) is 14.0 Å². The number of esters is 1. The second kappa shape index (κ2) is 6.84. The molecule has 0 saturated heterocycles. The number of para-hydroxylation sites is 1. The largest absolute Gasteiger partial charge is 0.496 e. The average molecular weight is 341 g/mol. The molecule has 2 aromatic carbocycles. The van der Waals surface area contributed by atoms with Crippen molar-refractivity contribution in [2.75, 3.05) is 13.7 Å². The Morgan fingerprint density at radius 1 is 1.20 bits per heavy atom. The lowest BCUT2D eigenvalue weighted by Gasteiger charge is -2.23. The van der Waals surface area contributed by atoms with Gasteiger partial charge >= 0.3 is 5.97 Å². The van der Waals surface area contributed by atoms with Gasteiger partial charge in [-0.3, -0.25) is 14.6 Å². The van der Waals surface area contributed by atoms with Crippen LogP contribution in [0.25, 0.3) is 0 Å². The van der Waals surface area contributed by atoms with Gasteiger partial charge in [0.05, 0.1) is 25.1 Å². The highest BCUT2D eigenvalue weighted by Crippen LogP contribution is 2.34. The highest BCUT2D eigenvalue weighted by Gasteiger charge is 2.40. The molecule has 0 radical (unpaired) electrons. The smallest absolute Gasteiger partial charge is 0.323 e. The summed E-state index contributed by atoms with van der Waals surface area (Å²) < 4.78 is 23.9. The highest BCUT2D eigenvalue weighted by atomic mass is 19.1. The Labute approximate surface area is 144 Å². The number of ether oxygens (including phenoxy) is 2. The molecule has 1 aliphatic rings. The minimum atomic E-state index is -1.26. The Morgan fingerprint density at radius 3 is 2.68 bits per heavy atom. The van der Waals surface area contributed by atoms with Crippen molar-refractivity contribution in [2.24, 2.45) is 10.9 Å². The summed E-state index contributed by atoms with van der Waals surface area (Å²) in [5, 5.41) is 0. The number of methoxy groups -OCH3 is 1. The van der Waals surface area contributed by atoms with Crippen LogP contribution in [-0.2, 0) is 9.53 Å². The fraction of sp³-hybridized carbons (Fsp3) is 0.211. The zero-order valence-corrected chi connectivity index (χ0v) is 13.8. The van der Waals surface area contributed by atoms with Crippen molar-refractivity contribution < 1.29 is 23.5 Å². The van der Waals surface area contributed by atoms with E-state index >= 15 is 0 Å². The molecule has 0 N–H and O–H groups in total. The SMILES string of the molecule is CCOC(=O)C1C(=O)c2cc(F)ccc2N=C1c1ccccc1OC. The zero-order valence-electron chi connectivity index (χ0n) is 13.8. The van der Waals surface area contributed by atoms with Crippen molar-refractivity contribution >= 4 is 23.2 Å². The summed E-state index contributed by atoms with van der Waals surface area (Å²) in [4.78, 5) is 29.8. The summed E-state index contributed by atoms with van der Waals surface area (Å²) in [7, 11) is 1.49. The molecule has 0 aromatic heterocycles. The maximum absolute atomic E-state index is 13.5. The van der Waals surface area contributed by atoms with Gasteiger partial charge in [-0.25, -0.2) is 4.39 Å². The van der Waals surface area contributed by atoms with Crippen LogP contribution in [0.5, 0.6) is 5.75 Å². The number of ketones is 1. The Kier molecular flexibility index (Phi) is 4.61. The number of aliphatic imine (C=N–C) groups is 1. The number of carbonyl (C=O) groups excluding carboxylic acids is 2. The molecule has 1 atom stereocenters. The summed E-state index contributed by atoms with van der Waals surface area (Å²) in [5.74, 6) is -2.60. The summed E-state index contributed by atoms with van der Waals surface area (Å²) in [5.41, 5.74) is 1.14. The molecule has 2 aromatic rings. The molecule has 1 aliphatic heterocycles. The highest BCUT2D eigenvalue weighted by molar-refractivity contribution is 6.32. The summed E-state index contributed by atoms with van der Waals surface area (Å²) in [6, 6.07) is 10.7. The van der Waals surface area contributed by atoms with Crippen LogP contribution < -0.4 is 4.74 Å². The van der Waals surface area contributed by atoms with Crippen LogP contribution in [0.1, 0.15) is 22.8 Å². The van der Waals surface area contributed by atoms with E-state index in [4.69, 9.17) is 9.47 Å². The molecule has 3 rings (SSSR count). The lowest BCUT2D eigenvalue weighted by atomic mass is 9.85. The molecule has 6 heteroatoms. The molecule has 0 spiro atoms. The van der Waals surface area contributed by atoms with E-state index in [0.717, 1.165) is 6.07 Å². The van der Waals surface area contributed by atoms with Gasteiger partial charge in [0.1, 0.15) is 11.6 Å². The minimum absolute atomic E-state index is 0.0664. The normalized spacial score (nSPS) is 16.0. The van der Waals surface area contributed by atoms with Crippen LogP contribution in [-0.4, -0.2) is 31.2 Å². The lowest BCUT2D eigenvalue weighted by Crippen LogP contribution is -2.36. The topological polar surface area (TPSA) is 65.0 Å². The predicted octanol–water partition coefficient (Wildman–Crippen LogP) is 3.33. The van der Waals surface area contributed by atoms with Gasteiger partial charge in [0, 0.05) is 11.1 Å². The molecule has 0 fully saturated rings. The average Bonchev–Trinajstić information content (AvgIpc) is 2.62. The van der Waals surface area contributed by atoms with Crippen LogP contribution in [0.4, 0.5) is 10.1 Å². The second-order valence-electron chi connectivity index (χ2n) is 5.41. The third-order valence-electron chi connectivity index (χ3n) is 3.91. The summed E-state index contributed by atoms with van der Waals surface area (Å²) >= 11 is 0. The number of halogens is 1. The first-order chi connectivity index (χ1) is 12.1. The summed E-state index contributed by atoms with van der Waals surface area (Å²) in [6.45, 7) is 1.77. The predicted molar refractivity (Wildman–Crippen MR) is 90.0 cm³/mol. The number of carbonyl (C=O) groups is 2. The van der Waals surface area contributed by atoms with Crippen molar-refractivity contribution in [1.82, 2.24) is 0 Å². The van der Waals surface area contributed by atoms with Crippen LogP contribution in [0.15, 0.2) is 47.5 Å². The lowest BCUT2D eigenvalue weighted by molar-refractivity contribution is -0.144. The number of Topliss-reactive ketones (excluding diaryl/α,β-unsaturated/α-hetero) is 1. The Balaban J connectivity index is 2.22. The first-order valence-electron chi connectivity index (χ1n) is 7.79. The third-order valence-corrected chi connectivity index (χ3v) is 3.91. The van der Waals surface area contributed by atoms with E-state index in [1.165, 1.54) is 19.2 Å². The molecule has 0 aliphatic carbocycles. The second-order valence-corrected chi connectivity index (χ2v) is 5.41. The molecular weight excluding hydrogens is 325 g/mol. The van der Waals surface area contributed by atoms with Crippen molar-refractivity contribution in [1.29, 1.82) is 0 Å². The molecule has 1 unspecified atom stereocenters. The first kappa shape index (κ1) is 16.8. The van der Waals surface area contributed by atoms with Gasteiger partial charge < -0.3 is 9.47 Å². The standard InChI is InChI=1S/C19H16FNO4/c1-3-25-19(23)16-17(12-6-4-5-7-15(12)24-2)21-14-9-8-11(20)10-13(14)18(16)22/h4-10,16H,3H2,1-2H3. The number of hydrogen-bond donors (Lipinski definition) is 0. The number of benzene rings is 2. The number of hydrogen-bond acceptors (Lipinski definition) is 5. The van der Waals surface area contributed by atoms with Gasteiger partial charge in [0.25, 0.3) is 0 Å². The first-order valence-corrected chi connectivity index (χ1v) is 7.79. The third kappa shape index (κ3) is 3.03. The van der Waals surface area contributed by atoms with Crippen molar-refractivity contribution in [3.05, 3.63) is 59.4 Å². The maximum Gasteiger partial charge on any atom is 0.323 e. The van der Waals surface area contributed by atoms with E-state index in [0.29, 0.717) is 17.0 Å². The number of nitrogens with zero attached hydrogens (tertiary/aromatic N) is 1. The number of rotatable bonds is 4. The van der Waals surface area contributed by atoms with E-state index in [1.54, 1.807) is 31.2 Å². The fourth-order valence-corrected chi connectivity index (χ4v) is 2.79. The van der Waals surface area contributed by atoms with Crippen molar-refractivity contribution in [2.45, 2.75) is 6.92 Å². The molecule has 0 amide bonds. The van der Waals surface area contributed by atoms with Crippen molar-refractivity contribution in [3.8, 4) is 5.75 Å². The van der Waals surface area contributed by atoms with Gasteiger partial charge in [-0.1, -0.05) is 12.1 Å². The van der Waals surface area contributed by atoms with Crippen LogP contribution in [0, 0.1) is 11.7 Å². The van der Waals surface area contributed by atoms with E-state index in [2.05, 4.69) is 4.99 Å². The van der Waals surface area contributed by atoms with Gasteiger partial charge in [-0.15, -0.1) is 0 Å². The van der Waals surface area contributed by atoms with E-state index < -0.39 is 23.5 Å². The Hall–Kier alpha value is -3.02. The molecule has 1 heterocycles. The van der Waals surface area contributed by atoms with Crippen LogP contribution in [0.2, 0.25) is 0 Å². The van der Waals surface area contributed by atoms with E-state index in [1.807, 2.05) is 0 Å². The number of fused-ring (bicyclic) bond motifs is 1. The molecular formula is C19H16FNO4. The van der Waals surface area contributed by atoms with Gasteiger partial charge in [-0.2, -0.15) is 0 Å². The Morgan fingerprint density at radius 2 is 1.96 bits per heavy atom. The summed E-state index contributed by atoms with van der Waals surface area (Å²) in [6.07, 6.45) is 0. The van der Waals surface area contributed by atoms with Crippen LogP contribution in [0.3, 0.4) is 0 Å². The van der Waals surface area contributed by atoms with E-state index in [-0.39, 0.29) is 17.9 Å². The minimum Gasteiger partial charge on any atom is -0.496 e.